The predicted molar refractivity (Wildman–Crippen MR) is 144 cm³/mol. The van der Waals surface area contributed by atoms with Crippen molar-refractivity contribution in [2.45, 2.75) is 76.5 Å². The van der Waals surface area contributed by atoms with Crippen LogP contribution >= 0.6 is 0 Å². The van der Waals surface area contributed by atoms with E-state index in [-0.39, 0.29) is 18.1 Å². The molecule has 0 aromatic heterocycles. The number of amides is 1. The summed E-state index contributed by atoms with van der Waals surface area (Å²) in [5.74, 6) is 4.02. The molecule has 37 heavy (non-hydrogen) atoms. The number of hydrogen-bond donors (Lipinski definition) is 2. The van der Waals surface area contributed by atoms with E-state index in [0.29, 0.717) is 12.2 Å². The minimum Gasteiger partial charge on any atom is -0.491 e. The molecule has 0 bridgehead atoms. The molecular formula is C32H40N2O3. The quantitative estimate of drug-likeness (QED) is 0.448. The van der Waals surface area contributed by atoms with Crippen molar-refractivity contribution in [3.8, 4) is 5.75 Å². The molecule has 6 atom stereocenters. The fraction of sp³-hybridized carbons (Fsp3) is 0.594. The van der Waals surface area contributed by atoms with Crippen molar-refractivity contribution in [3.05, 3.63) is 64.7 Å². The summed E-state index contributed by atoms with van der Waals surface area (Å²) in [6.45, 7) is 3.53. The number of fused-ring (bicyclic) bond motifs is 1. The first-order chi connectivity index (χ1) is 18.2. The summed E-state index contributed by atoms with van der Waals surface area (Å²) in [6, 6.07) is 14.6. The van der Waals surface area contributed by atoms with Gasteiger partial charge in [-0.2, -0.15) is 0 Å². The Morgan fingerprint density at radius 1 is 1.05 bits per heavy atom. The van der Waals surface area contributed by atoms with Gasteiger partial charge in [-0.05, 0) is 128 Å². The normalized spacial score (nSPS) is 32.8. The van der Waals surface area contributed by atoms with Gasteiger partial charge in [0.1, 0.15) is 12.4 Å². The summed E-state index contributed by atoms with van der Waals surface area (Å²) < 4.78 is 11.4. The van der Waals surface area contributed by atoms with Crippen LogP contribution in [0, 0.1) is 23.2 Å². The maximum atomic E-state index is 12.9. The first-order valence-electron chi connectivity index (χ1n) is 14.7. The van der Waals surface area contributed by atoms with E-state index in [0.717, 1.165) is 80.7 Å². The number of carbonyl (C=O) groups is 1. The fourth-order valence-corrected chi connectivity index (χ4v) is 8.06. The van der Waals surface area contributed by atoms with Crippen molar-refractivity contribution in [1.29, 1.82) is 0 Å². The van der Waals surface area contributed by atoms with E-state index in [1.165, 1.54) is 36.0 Å². The van der Waals surface area contributed by atoms with Crippen molar-refractivity contribution in [1.82, 2.24) is 10.6 Å². The van der Waals surface area contributed by atoms with Gasteiger partial charge in [0.25, 0.3) is 5.91 Å². The lowest BCUT2D eigenvalue weighted by atomic mass is 9.87. The van der Waals surface area contributed by atoms with Crippen LogP contribution in [0.2, 0.25) is 0 Å². The van der Waals surface area contributed by atoms with Crippen molar-refractivity contribution in [3.63, 3.8) is 0 Å². The minimum atomic E-state index is -0.00296. The Balaban J connectivity index is 0.855. The van der Waals surface area contributed by atoms with Crippen LogP contribution in [0.25, 0.3) is 0 Å². The Morgan fingerprint density at radius 2 is 1.97 bits per heavy atom. The summed E-state index contributed by atoms with van der Waals surface area (Å²) in [6.07, 6.45) is 11.2. The molecule has 1 spiro atoms. The third-order valence-electron chi connectivity index (χ3n) is 10.2. The Kier molecular flexibility index (Phi) is 6.25. The van der Waals surface area contributed by atoms with Crippen LogP contribution in [0.5, 0.6) is 5.75 Å². The molecule has 1 aliphatic heterocycles. The topological polar surface area (TPSA) is 59.6 Å². The van der Waals surface area contributed by atoms with Crippen LogP contribution < -0.4 is 15.4 Å². The second-order valence-corrected chi connectivity index (χ2v) is 12.3. The molecule has 196 valence electrons. The van der Waals surface area contributed by atoms with Gasteiger partial charge in [-0.3, -0.25) is 4.79 Å². The highest BCUT2D eigenvalue weighted by atomic mass is 16.5. The highest BCUT2D eigenvalue weighted by molar-refractivity contribution is 5.94. The monoisotopic (exact) mass is 500 g/mol. The van der Waals surface area contributed by atoms with Crippen LogP contribution in [0.15, 0.2) is 42.5 Å². The second kappa shape index (κ2) is 9.74. The van der Waals surface area contributed by atoms with E-state index in [1.54, 1.807) is 6.42 Å². The maximum Gasteiger partial charge on any atom is 0.251 e. The number of nitrogens with one attached hydrogen (secondary N) is 2. The highest BCUT2D eigenvalue weighted by Crippen LogP contribution is 2.85. The van der Waals surface area contributed by atoms with Crippen molar-refractivity contribution >= 4 is 5.91 Å². The molecular weight excluding hydrogens is 460 g/mol. The number of carbonyl (C=O) groups excluding carboxylic acids is 1. The standard InChI is InChI=1S/C32H40N2O3/c35-31(22-6-10-27(11-7-22)37-20-28-2-1-15-36-28)34-26-9-5-23-16-21(3-4-24(23)17-26)19-33-14-13-30-29-12-8-25-18-32(25,29)30/h3-4,6-7,10-11,16,25-26,28-30,33H,1-2,5,8-9,12-15,17-20H2,(H,34,35)/t25-,26+,28+,29+,30?,32?/m1/s1. The van der Waals surface area contributed by atoms with Crippen LogP contribution in [-0.2, 0) is 24.1 Å². The number of benzene rings is 2. The van der Waals surface area contributed by atoms with Gasteiger partial charge in [0.2, 0.25) is 0 Å². The summed E-state index contributed by atoms with van der Waals surface area (Å²) in [5.41, 5.74) is 5.75. The molecule has 2 N–H and O–H groups in total. The molecule has 5 aliphatic rings. The van der Waals surface area contributed by atoms with E-state index in [4.69, 9.17) is 9.47 Å². The fourth-order valence-electron chi connectivity index (χ4n) is 8.06. The number of hydrogen-bond acceptors (Lipinski definition) is 4. The third kappa shape index (κ3) is 4.70. The van der Waals surface area contributed by atoms with E-state index < -0.39 is 0 Å². The average Bonchev–Trinajstić information content (AvgIpc) is 3.62. The van der Waals surface area contributed by atoms with E-state index in [2.05, 4.69) is 28.8 Å². The Labute approximate surface area is 220 Å². The lowest BCUT2D eigenvalue weighted by Crippen LogP contribution is -2.38. The summed E-state index contributed by atoms with van der Waals surface area (Å²) in [5, 5.41) is 6.97. The zero-order valence-corrected chi connectivity index (χ0v) is 21.8. The number of ether oxygens (including phenoxy) is 2. The van der Waals surface area contributed by atoms with Gasteiger partial charge in [0.05, 0.1) is 6.10 Å². The van der Waals surface area contributed by atoms with Gasteiger partial charge in [0, 0.05) is 24.8 Å². The van der Waals surface area contributed by atoms with Gasteiger partial charge >= 0.3 is 0 Å². The molecule has 1 saturated heterocycles. The van der Waals surface area contributed by atoms with Crippen LogP contribution in [0.1, 0.15) is 72.0 Å². The van der Waals surface area contributed by atoms with Crippen molar-refractivity contribution < 1.29 is 14.3 Å². The molecule has 5 nitrogen and oxygen atoms in total. The summed E-state index contributed by atoms with van der Waals surface area (Å²) in [4.78, 5) is 12.9. The van der Waals surface area contributed by atoms with Crippen LogP contribution in [0.3, 0.4) is 0 Å². The molecule has 7 rings (SSSR count). The van der Waals surface area contributed by atoms with Crippen molar-refractivity contribution in [2.75, 3.05) is 19.8 Å². The molecule has 2 aromatic carbocycles. The lowest BCUT2D eigenvalue weighted by Gasteiger charge is -2.26. The second-order valence-electron chi connectivity index (χ2n) is 12.3. The molecule has 2 aromatic rings. The van der Waals surface area contributed by atoms with Gasteiger partial charge in [-0.15, -0.1) is 0 Å². The molecule has 3 saturated carbocycles. The van der Waals surface area contributed by atoms with Crippen LogP contribution in [-0.4, -0.2) is 37.8 Å². The predicted octanol–water partition coefficient (Wildman–Crippen LogP) is 5.06. The zero-order chi connectivity index (χ0) is 24.8. The molecule has 0 radical (unpaired) electrons. The van der Waals surface area contributed by atoms with E-state index in [9.17, 15) is 4.79 Å². The first-order valence-corrected chi connectivity index (χ1v) is 14.7. The molecule has 1 heterocycles. The lowest BCUT2D eigenvalue weighted by molar-refractivity contribution is 0.0679. The molecule has 2 unspecified atom stereocenters. The largest absolute Gasteiger partial charge is 0.491 e. The molecule has 1 amide bonds. The third-order valence-corrected chi connectivity index (χ3v) is 10.2. The SMILES string of the molecule is O=C(N[C@H]1CCc2cc(CNCCC3[C@@H]4CC[C@@H]5CC354)ccc2C1)c1ccc(OC[C@@H]2CCCO2)cc1. The first kappa shape index (κ1) is 23.7. The Morgan fingerprint density at radius 3 is 2.76 bits per heavy atom. The van der Waals surface area contributed by atoms with E-state index in [1.807, 2.05) is 24.3 Å². The number of aryl methyl sites for hydroxylation is 1. The molecule has 5 heteroatoms. The summed E-state index contributed by atoms with van der Waals surface area (Å²) >= 11 is 0. The van der Waals surface area contributed by atoms with E-state index >= 15 is 0 Å². The van der Waals surface area contributed by atoms with Gasteiger partial charge < -0.3 is 20.1 Å². The molecule has 4 aliphatic carbocycles. The number of rotatable bonds is 10. The molecule has 4 fully saturated rings. The van der Waals surface area contributed by atoms with Gasteiger partial charge in [0.15, 0.2) is 0 Å². The van der Waals surface area contributed by atoms with Gasteiger partial charge in [-0.25, -0.2) is 0 Å². The Bertz CT molecular complexity index is 1140. The smallest absolute Gasteiger partial charge is 0.251 e. The average molecular weight is 501 g/mol. The highest BCUT2D eigenvalue weighted by Gasteiger charge is 2.79. The Hall–Kier alpha value is -2.37. The summed E-state index contributed by atoms with van der Waals surface area (Å²) in [7, 11) is 0. The van der Waals surface area contributed by atoms with Crippen molar-refractivity contribution in [2.24, 2.45) is 23.2 Å². The van der Waals surface area contributed by atoms with Gasteiger partial charge in [-0.1, -0.05) is 18.2 Å². The minimum absolute atomic E-state index is 0.00296. The zero-order valence-electron chi connectivity index (χ0n) is 21.8. The van der Waals surface area contributed by atoms with Crippen LogP contribution in [0.4, 0.5) is 0 Å². The maximum absolute atomic E-state index is 12.9.